The fraction of sp³-hybridized carbons (Fsp3) is 0.417. The number of alkyl halides is 3. The Hall–Kier alpha value is -1.17. The second-order valence-corrected chi connectivity index (χ2v) is 4.28. The molecule has 0 unspecified atom stereocenters. The molecule has 0 aliphatic carbocycles. The van der Waals surface area contributed by atoms with Crippen LogP contribution in [0.2, 0.25) is 0 Å². The van der Waals surface area contributed by atoms with Crippen molar-refractivity contribution in [3.8, 4) is 5.75 Å². The van der Waals surface area contributed by atoms with Gasteiger partial charge in [-0.25, -0.2) is 4.79 Å². The number of ether oxygens (including phenoxy) is 2. The average molecular weight is 323 g/mol. The lowest BCUT2D eigenvalue weighted by Gasteiger charge is -2.11. The zero-order valence-electron chi connectivity index (χ0n) is 9.79. The van der Waals surface area contributed by atoms with E-state index in [4.69, 9.17) is 0 Å². The molecule has 0 saturated carbocycles. The van der Waals surface area contributed by atoms with Gasteiger partial charge in [0, 0.05) is 5.33 Å². The minimum atomic E-state index is -2.92. The molecule has 3 nitrogen and oxygen atoms in total. The molecule has 6 heteroatoms. The molecule has 0 aliphatic heterocycles. The Kier molecular flexibility index (Phi) is 6.04. The maximum Gasteiger partial charge on any atom is 0.387 e. The lowest BCUT2D eigenvalue weighted by molar-refractivity contribution is -0.0505. The van der Waals surface area contributed by atoms with Crippen LogP contribution in [0.1, 0.15) is 22.3 Å². The van der Waals surface area contributed by atoms with Crippen LogP contribution in [-0.4, -0.2) is 25.0 Å². The number of benzene rings is 1. The Labute approximate surface area is 112 Å². The van der Waals surface area contributed by atoms with Crippen molar-refractivity contribution in [3.05, 3.63) is 29.3 Å². The van der Waals surface area contributed by atoms with Gasteiger partial charge in [0.05, 0.1) is 12.7 Å². The predicted octanol–water partition coefficient (Wildman–Crippen LogP) is 3.40. The zero-order valence-corrected chi connectivity index (χ0v) is 11.4. The quantitative estimate of drug-likeness (QED) is 0.594. The summed E-state index contributed by atoms with van der Waals surface area (Å²) in [6.45, 7) is -2.92. The molecule has 100 valence electrons. The molecule has 0 saturated heterocycles. The van der Waals surface area contributed by atoms with Crippen LogP contribution in [-0.2, 0) is 11.2 Å². The molecule has 0 N–H and O–H groups in total. The second-order valence-electron chi connectivity index (χ2n) is 3.49. The smallest absolute Gasteiger partial charge is 0.387 e. The van der Waals surface area contributed by atoms with Gasteiger partial charge in [0.1, 0.15) is 5.75 Å². The van der Waals surface area contributed by atoms with Gasteiger partial charge in [-0.05, 0) is 30.5 Å². The minimum absolute atomic E-state index is 0.0221. The van der Waals surface area contributed by atoms with Gasteiger partial charge < -0.3 is 9.47 Å². The number of hydrogen-bond acceptors (Lipinski definition) is 3. The molecule has 0 fully saturated rings. The predicted molar refractivity (Wildman–Crippen MR) is 66.5 cm³/mol. The topological polar surface area (TPSA) is 35.5 Å². The van der Waals surface area contributed by atoms with Gasteiger partial charge in [0.2, 0.25) is 0 Å². The summed E-state index contributed by atoms with van der Waals surface area (Å²) in [6.07, 6.45) is 1.38. The lowest BCUT2D eigenvalue weighted by atomic mass is 10.1. The standard InChI is InChI=1S/C12H13BrF2O3/c1-17-11(16)9-5-4-8(3-2-6-13)10(7-9)18-12(14)15/h4-5,7,12H,2-3,6H2,1H3. The third-order valence-corrected chi connectivity index (χ3v) is 2.84. The highest BCUT2D eigenvalue weighted by Gasteiger charge is 2.13. The maximum atomic E-state index is 12.3. The number of hydrogen-bond donors (Lipinski definition) is 0. The first kappa shape index (κ1) is 14.9. The SMILES string of the molecule is COC(=O)c1ccc(CCCBr)c(OC(F)F)c1. The molecule has 0 heterocycles. The summed E-state index contributed by atoms with van der Waals surface area (Å²) >= 11 is 3.27. The van der Waals surface area contributed by atoms with Gasteiger partial charge >= 0.3 is 12.6 Å². The van der Waals surface area contributed by atoms with E-state index in [-0.39, 0.29) is 11.3 Å². The van der Waals surface area contributed by atoms with Crippen molar-refractivity contribution in [3.63, 3.8) is 0 Å². The molecule has 18 heavy (non-hydrogen) atoms. The van der Waals surface area contributed by atoms with Crippen LogP contribution in [0.25, 0.3) is 0 Å². The van der Waals surface area contributed by atoms with Crippen molar-refractivity contribution in [1.82, 2.24) is 0 Å². The van der Waals surface area contributed by atoms with Crippen LogP contribution >= 0.6 is 15.9 Å². The molecule has 1 rings (SSSR count). The van der Waals surface area contributed by atoms with Crippen molar-refractivity contribution in [2.75, 3.05) is 12.4 Å². The van der Waals surface area contributed by atoms with Gasteiger partial charge in [-0.15, -0.1) is 0 Å². The van der Waals surface area contributed by atoms with Crippen molar-refractivity contribution in [1.29, 1.82) is 0 Å². The summed E-state index contributed by atoms with van der Waals surface area (Å²) in [5, 5.41) is 0.764. The third-order valence-electron chi connectivity index (χ3n) is 2.28. The lowest BCUT2D eigenvalue weighted by Crippen LogP contribution is -2.07. The summed E-state index contributed by atoms with van der Waals surface area (Å²) < 4.78 is 33.5. The minimum Gasteiger partial charge on any atom is -0.465 e. The van der Waals surface area contributed by atoms with Crippen LogP contribution in [0.5, 0.6) is 5.75 Å². The average Bonchev–Trinajstić information content (AvgIpc) is 2.35. The van der Waals surface area contributed by atoms with Crippen LogP contribution in [0.4, 0.5) is 8.78 Å². The van der Waals surface area contributed by atoms with Gasteiger partial charge in [-0.2, -0.15) is 8.78 Å². The van der Waals surface area contributed by atoms with Crippen molar-refractivity contribution in [2.24, 2.45) is 0 Å². The molecule has 0 aliphatic rings. The summed E-state index contributed by atoms with van der Waals surface area (Å²) in [5.74, 6) is -0.560. The Morgan fingerprint density at radius 2 is 2.17 bits per heavy atom. The van der Waals surface area contributed by atoms with E-state index in [0.717, 1.165) is 11.8 Å². The summed E-state index contributed by atoms with van der Waals surface area (Å²) in [4.78, 5) is 11.3. The van der Waals surface area contributed by atoms with E-state index in [1.54, 1.807) is 6.07 Å². The van der Waals surface area contributed by atoms with Gasteiger partial charge in [-0.1, -0.05) is 22.0 Å². The monoisotopic (exact) mass is 322 g/mol. The number of halogens is 3. The number of esters is 1. The molecular formula is C12H13BrF2O3. The van der Waals surface area contributed by atoms with Gasteiger partial charge in [0.25, 0.3) is 0 Å². The summed E-state index contributed by atoms with van der Waals surface area (Å²) in [5.41, 5.74) is 0.832. The van der Waals surface area contributed by atoms with Crippen molar-refractivity contribution in [2.45, 2.75) is 19.5 Å². The Morgan fingerprint density at radius 3 is 2.72 bits per heavy atom. The number of carbonyl (C=O) groups excluding carboxylic acids is 1. The molecule has 0 amide bonds. The summed E-state index contributed by atoms with van der Waals surface area (Å²) in [7, 11) is 1.23. The fourth-order valence-corrected chi connectivity index (χ4v) is 1.75. The third kappa shape index (κ3) is 4.25. The molecule has 0 bridgehead atoms. The van der Waals surface area contributed by atoms with E-state index in [1.807, 2.05) is 0 Å². The molecule has 0 spiro atoms. The van der Waals surface area contributed by atoms with Crippen molar-refractivity contribution < 1.29 is 23.0 Å². The first-order valence-corrected chi connectivity index (χ1v) is 6.42. The Morgan fingerprint density at radius 1 is 1.44 bits per heavy atom. The zero-order chi connectivity index (χ0) is 13.5. The van der Waals surface area contributed by atoms with Crippen LogP contribution in [0, 0.1) is 0 Å². The fourth-order valence-electron chi connectivity index (χ4n) is 1.47. The van der Waals surface area contributed by atoms with Gasteiger partial charge in [-0.3, -0.25) is 0 Å². The van der Waals surface area contributed by atoms with Gasteiger partial charge in [0.15, 0.2) is 0 Å². The maximum absolute atomic E-state index is 12.3. The van der Waals surface area contributed by atoms with E-state index in [9.17, 15) is 13.6 Å². The Bertz CT molecular complexity index is 410. The molecule has 0 radical (unpaired) electrons. The number of aryl methyl sites for hydroxylation is 1. The molecular weight excluding hydrogens is 310 g/mol. The van der Waals surface area contributed by atoms with Crippen LogP contribution in [0.3, 0.4) is 0 Å². The van der Waals surface area contributed by atoms with E-state index in [0.29, 0.717) is 12.0 Å². The van der Waals surface area contributed by atoms with Crippen LogP contribution in [0.15, 0.2) is 18.2 Å². The van der Waals surface area contributed by atoms with E-state index >= 15 is 0 Å². The molecule has 0 aromatic heterocycles. The highest BCUT2D eigenvalue weighted by Crippen LogP contribution is 2.24. The van der Waals surface area contributed by atoms with Crippen molar-refractivity contribution >= 4 is 21.9 Å². The normalized spacial score (nSPS) is 10.5. The number of rotatable bonds is 6. The number of carbonyl (C=O) groups is 1. The van der Waals surface area contributed by atoms with E-state index in [2.05, 4.69) is 25.4 Å². The molecule has 0 atom stereocenters. The molecule has 1 aromatic rings. The summed E-state index contributed by atoms with van der Waals surface area (Å²) in [6, 6.07) is 4.42. The number of methoxy groups -OCH3 is 1. The first-order valence-electron chi connectivity index (χ1n) is 5.30. The highest BCUT2D eigenvalue weighted by molar-refractivity contribution is 9.09. The van der Waals surface area contributed by atoms with E-state index in [1.165, 1.54) is 19.2 Å². The van der Waals surface area contributed by atoms with E-state index < -0.39 is 12.6 Å². The van der Waals surface area contributed by atoms with Crippen LogP contribution < -0.4 is 4.74 Å². The highest BCUT2D eigenvalue weighted by atomic mass is 79.9. The Balaban J connectivity index is 2.99. The largest absolute Gasteiger partial charge is 0.465 e. The second kappa shape index (κ2) is 7.31. The first-order chi connectivity index (χ1) is 8.58. The molecule has 1 aromatic carbocycles.